The molecule has 0 saturated heterocycles. The fraction of sp³-hybridized carbons (Fsp3) is 0.571. The lowest BCUT2D eigenvalue weighted by Gasteiger charge is -2.20. The highest BCUT2D eigenvalue weighted by Crippen LogP contribution is 2.09. The van der Waals surface area contributed by atoms with Gasteiger partial charge in [0.05, 0.1) is 0 Å². The van der Waals surface area contributed by atoms with Crippen molar-refractivity contribution in [3.8, 4) is 5.75 Å². The molecule has 0 aliphatic heterocycles. The van der Waals surface area contributed by atoms with Crippen LogP contribution in [0.4, 0.5) is 0 Å². The summed E-state index contributed by atoms with van der Waals surface area (Å²) in [7, 11) is 2.16. The first-order valence-corrected chi connectivity index (χ1v) is 6.28. The van der Waals surface area contributed by atoms with E-state index in [1.165, 1.54) is 5.56 Å². The quantitative estimate of drug-likeness (QED) is 0.713. The maximum Gasteiger partial charge on any atom is 0.115 e. The molecule has 17 heavy (non-hydrogen) atoms. The summed E-state index contributed by atoms with van der Waals surface area (Å²) in [5, 5.41) is 12.6. The Hall–Kier alpha value is -1.06. The van der Waals surface area contributed by atoms with Crippen molar-refractivity contribution in [2.75, 3.05) is 20.1 Å². The minimum atomic E-state index is 0.326. The van der Waals surface area contributed by atoms with E-state index in [9.17, 15) is 0 Å². The molecule has 3 heteroatoms. The molecule has 2 N–H and O–H groups in total. The fourth-order valence-corrected chi connectivity index (χ4v) is 1.56. The van der Waals surface area contributed by atoms with E-state index >= 15 is 0 Å². The Morgan fingerprint density at radius 2 is 1.88 bits per heavy atom. The van der Waals surface area contributed by atoms with Crippen LogP contribution in [0.1, 0.15) is 25.8 Å². The molecule has 0 unspecified atom stereocenters. The van der Waals surface area contributed by atoms with Gasteiger partial charge in [0.25, 0.3) is 0 Å². The smallest absolute Gasteiger partial charge is 0.115 e. The third kappa shape index (κ3) is 5.71. The van der Waals surface area contributed by atoms with E-state index in [1.54, 1.807) is 12.1 Å². The molecule has 0 aromatic heterocycles. The van der Waals surface area contributed by atoms with Crippen molar-refractivity contribution in [3.63, 3.8) is 0 Å². The Morgan fingerprint density at radius 1 is 1.24 bits per heavy atom. The van der Waals surface area contributed by atoms with Crippen molar-refractivity contribution in [2.45, 2.75) is 32.9 Å². The lowest BCUT2D eigenvalue weighted by Crippen LogP contribution is -2.29. The molecule has 0 atom stereocenters. The van der Waals surface area contributed by atoms with Crippen LogP contribution in [0, 0.1) is 0 Å². The zero-order valence-corrected chi connectivity index (χ0v) is 11.1. The van der Waals surface area contributed by atoms with E-state index in [1.807, 2.05) is 12.1 Å². The van der Waals surface area contributed by atoms with Gasteiger partial charge in [0, 0.05) is 12.6 Å². The summed E-state index contributed by atoms with van der Waals surface area (Å²) in [6.07, 6.45) is 1.16. The van der Waals surface area contributed by atoms with Gasteiger partial charge in [-0.25, -0.2) is 0 Å². The summed E-state index contributed by atoms with van der Waals surface area (Å²) in [6.45, 7) is 7.44. The number of aromatic hydroxyl groups is 1. The standard InChI is InChI=1S/C14H24N2O/c1-12(2)16(3)10-4-9-15-11-13-5-7-14(17)8-6-13/h5-8,12,15,17H,4,9-11H2,1-3H3. The Bertz CT molecular complexity index is 309. The van der Waals surface area contributed by atoms with Crippen molar-refractivity contribution >= 4 is 0 Å². The van der Waals surface area contributed by atoms with E-state index in [0.717, 1.165) is 26.1 Å². The van der Waals surface area contributed by atoms with Crippen LogP contribution >= 0.6 is 0 Å². The number of rotatable bonds is 7. The van der Waals surface area contributed by atoms with E-state index in [2.05, 4.69) is 31.1 Å². The summed E-state index contributed by atoms with van der Waals surface area (Å²) in [5.41, 5.74) is 1.21. The van der Waals surface area contributed by atoms with Crippen LogP contribution in [0.25, 0.3) is 0 Å². The molecule has 0 spiro atoms. The van der Waals surface area contributed by atoms with Crippen LogP contribution in [-0.2, 0) is 6.54 Å². The summed E-state index contributed by atoms with van der Waals surface area (Å²) >= 11 is 0. The van der Waals surface area contributed by atoms with Crippen molar-refractivity contribution in [1.82, 2.24) is 10.2 Å². The number of phenols is 1. The van der Waals surface area contributed by atoms with Gasteiger partial charge in [0.2, 0.25) is 0 Å². The second-order valence-electron chi connectivity index (χ2n) is 4.77. The van der Waals surface area contributed by atoms with Gasteiger partial charge < -0.3 is 15.3 Å². The number of hydrogen-bond donors (Lipinski definition) is 2. The van der Waals surface area contributed by atoms with Gasteiger partial charge in [-0.3, -0.25) is 0 Å². The highest BCUT2D eigenvalue weighted by molar-refractivity contribution is 5.25. The summed E-state index contributed by atoms with van der Waals surface area (Å²) in [5.74, 6) is 0.326. The van der Waals surface area contributed by atoms with Crippen LogP contribution < -0.4 is 5.32 Å². The molecule has 1 aromatic rings. The Morgan fingerprint density at radius 3 is 2.47 bits per heavy atom. The minimum Gasteiger partial charge on any atom is -0.508 e. The van der Waals surface area contributed by atoms with E-state index in [4.69, 9.17) is 5.11 Å². The Labute approximate surface area is 104 Å². The predicted octanol–water partition coefficient (Wildman–Crippen LogP) is 2.21. The van der Waals surface area contributed by atoms with Gasteiger partial charge >= 0.3 is 0 Å². The first kappa shape index (κ1) is 14.0. The average Bonchev–Trinajstić information content (AvgIpc) is 2.30. The van der Waals surface area contributed by atoms with Gasteiger partial charge in [-0.05, 0) is 58.1 Å². The van der Waals surface area contributed by atoms with Crippen LogP contribution in [0.15, 0.2) is 24.3 Å². The molecule has 0 aliphatic carbocycles. The Balaban J connectivity index is 2.10. The summed E-state index contributed by atoms with van der Waals surface area (Å²) in [4.78, 5) is 2.35. The molecule has 0 fully saturated rings. The van der Waals surface area contributed by atoms with Crippen LogP contribution in [0.2, 0.25) is 0 Å². The first-order valence-electron chi connectivity index (χ1n) is 6.28. The molecule has 0 heterocycles. The number of hydrogen-bond acceptors (Lipinski definition) is 3. The predicted molar refractivity (Wildman–Crippen MR) is 72.2 cm³/mol. The highest BCUT2D eigenvalue weighted by atomic mass is 16.3. The lowest BCUT2D eigenvalue weighted by molar-refractivity contribution is 0.269. The number of benzene rings is 1. The van der Waals surface area contributed by atoms with Crippen molar-refractivity contribution in [3.05, 3.63) is 29.8 Å². The topological polar surface area (TPSA) is 35.5 Å². The molecule has 1 rings (SSSR count). The van der Waals surface area contributed by atoms with Crippen LogP contribution in [-0.4, -0.2) is 36.2 Å². The molecule has 0 saturated carbocycles. The number of nitrogens with zero attached hydrogens (tertiary/aromatic N) is 1. The molecule has 0 radical (unpaired) electrons. The van der Waals surface area contributed by atoms with E-state index in [0.29, 0.717) is 11.8 Å². The van der Waals surface area contributed by atoms with Gasteiger partial charge in [0.1, 0.15) is 5.75 Å². The van der Waals surface area contributed by atoms with E-state index < -0.39 is 0 Å². The van der Waals surface area contributed by atoms with E-state index in [-0.39, 0.29) is 0 Å². The largest absolute Gasteiger partial charge is 0.508 e. The minimum absolute atomic E-state index is 0.326. The zero-order valence-electron chi connectivity index (χ0n) is 11.1. The molecule has 0 amide bonds. The molecular weight excluding hydrogens is 212 g/mol. The van der Waals surface area contributed by atoms with Gasteiger partial charge in [-0.2, -0.15) is 0 Å². The summed E-state index contributed by atoms with van der Waals surface area (Å²) < 4.78 is 0. The zero-order chi connectivity index (χ0) is 12.7. The summed E-state index contributed by atoms with van der Waals surface area (Å²) in [6, 6.07) is 7.96. The maximum absolute atomic E-state index is 9.15. The van der Waals surface area contributed by atoms with Gasteiger partial charge in [-0.1, -0.05) is 12.1 Å². The molecule has 0 bridgehead atoms. The van der Waals surface area contributed by atoms with Crippen LogP contribution in [0.3, 0.4) is 0 Å². The monoisotopic (exact) mass is 236 g/mol. The highest BCUT2D eigenvalue weighted by Gasteiger charge is 2.01. The van der Waals surface area contributed by atoms with Crippen molar-refractivity contribution < 1.29 is 5.11 Å². The number of nitrogens with one attached hydrogen (secondary N) is 1. The van der Waals surface area contributed by atoms with Crippen molar-refractivity contribution in [2.24, 2.45) is 0 Å². The van der Waals surface area contributed by atoms with Gasteiger partial charge in [-0.15, -0.1) is 0 Å². The van der Waals surface area contributed by atoms with Crippen molar-refractivity contribution in [1.29, 1.82) is 0 Å². The maximum atomic E-state index is 9.15. The molecular formula is C14H24N2O. The molecule has 3 nitrogen and oxygen atoms in total. The SMILES string of the molecule is CC(C)N(C)CCCNCc1ccc(O)cc1. The van der Waals surface area contributed by atoms with Crippen LogP contribution in [0.5, 0.6) is 5.75 Å². The second-order valence-corrected chi connectivity index (χ2v) is 4.77. The van der Waals surface area contributed by atoms with Gasteiger partial charge in [0.15, 0.2) is 0 Å². The third-order valence-electron chi connectivity index (χ3n) is 3.01. The normalized spacial score (nSPS) is 11.4. The fourth-order valence-electron chi connectivity index (χ4n) is 1.56. The molecule has 0 aliphatic rings. The molecule has 96 valence electrons. The number of phenolic OH excluding ortho intramolecular Hbond substituents is 1. The Kier molecular flexibility index (Phi) is 6.01. The third-order valence-corrected chi connectivity index (χ3v) is 3.01. The second kappa shape index (κ2) is 7.30. The lowest BCUT2D eigenvalue weighted by atomic mass is 10.2. The molecule has 1 aromatic carbocycles. The first-order chi connectivity index (χ1) is 8.09. The average molecular weight is 236 g/mol.